The van der Waals surface area contributed by atoms with Gasteiger partial charge in [0.2, 0.25) is 5.91 Å². The van der Waals surface area contributed by atoms with E-state index in [1.54, 1.807) is 6.08 Å². The summed E-state index contributed by atoms with van der Waals surface area (Å²) in [6.07, 6.45) is 79.6. The summed E-state index contributed by atoms with van der Waals surface area (Å²) >= 11 is 0. The first kappa shape index (κ1) is 72.3. The van der Waals surface area contributed by atoms with Crippen LogP contribution >= 0.6 is 0 Å². The quantitative estimate of drug-likeness (QED) is 0.0320. The smallest absolute Gasteiger partial charge is 0.305 e. The molecule has 2 unspecified atom stereocenters. The number of esters is 1. The van der Waals surface area contributed by atoms with Gasteiger partial charge in [-0.25, -0.2) is 0 Å². The minimum Gasteiger partial charge on any atom is -0.466 e. The van der Waals surface area contributed by atoms with Crippen LogP contribution in [0.4, 0.5) is 0 Å². The monoisotopic (exact) mass is 1040 g/mol. The molecule has 0 aliphatic carbocycles. The maximum atomic E-state index is 12.5. The highest BCUT2D eigenvalue weighted by atomic mass is 16.5. The molecule has 0 aliphatic heterocycles. The summed E-state index contributed by atoms with van der Waals surface area (Å²) in [5, 5.41) is 23.2. The summed E-state index contributed by atoms with van der Waals surface area (Å²) < 4.78 is 5.47. The normalized spacial score (nSPS) is 12.6. The highest BCUT2D eigenvalue weighted by Crippen LogP contribution is 2.19. The first-order valence-electron chi connectivity index (χ1n) is 33.6. The zero-order valence-electron chi connectivity index (χ0n) is 50.1. The Labute approximate surface area is 462 Å². The van der Waals surface area contributed by atoms with Crippen molar-refractivity contribution < 1.29 is 24.5 Å². The first-order chi connectivity index (χ1) is 36.5. The molecule has 6 heteroatoms. The molecule has 0 bridgehead atoms. The molecule has 438 valence electrons. The Morgan fingerprint density at radius 3 is 1.00 bits per heavy atom. The minimum absolute atomic E-state index is 0.00837. The number of unbranched alkanes of at least 4 members (excludes halogenated alkanes) is 50. The van der Waals surface area contributed by atoms with E-state index in [-0.39, 0.29) is 18.5 Å². The maximum absolute atomic E-state index is 12.5. The van der Waals surface area contributed by atoms with Crippen molar-refractivity contribution in [1.82, 2.24) is 5.32 Å². The lowest BCUT2D eigenvalue weighted by Gasteiger charge is -2.20. The second-order valence-electron chi connectivity index (χ2n) is 23.2. The van der Waals surface area contributed by atoms with Gasteiger partial charge in [0.15, 0.2) is 0 Å². The van der Waals surface area contributed by atoms with E-state index < -0.39 is 12.1 Å². The molecule has 1 amide bonds. The number of hydrogen-bond acceptors (Lipinski definition) is 5. The van der Waals surface area contributed by atoms with E-state index in [2.05, 4.69) is 31.3 Å². The van der Waals surface area contributed by atoms with Crippen LogP contribution in [0.1, 0.15) is 373 Å². The highest BCUT2D eigenvalue weighted by Gasteiger charge is 2.18. The number of nitrogens with one attached hydrogen (secondary N) is 1. The molecule has 2 atom stereocenters. The molecule has 0 spiro atoms. The van der Waals surface area contributed by atoms with Crippen molar-refractivity contribution in [2.75, 3.05) is 13.2 Å². The fourth-order valence-corrected chi connectivity index (χ4v) is 10.6. The number of amides is 1. The number of aliphatic hydroxyl groups is 2. The second-order valence-corrected chi connectivity index (χ2v) is 23.2. The summed E-state index contributed by atoms with van der Waals surface area (Å²) in [5.41, 5.74) is 0. The van der Waals surface area contributed by atoms with E-state index in [0.29, 0.717) is 19.4 Å². The Balaban J connectivity index is 3.36. The van der Waals surface area contributed by atoms with E-state index in [1.807, 2.05) is 6.08 Å². The SMILES string of the molecule is CCCC/C=C\CCCCCCCC(=O)OCCCCCCCCCCCCCCCCCCCCCCCCCCCCCCCC(=O)NC(CO)C(O)/C=C/CCCCCCCCCCCCCCCCC. The zero-order valence-corrected chi connectivity index (χ0v) is 50.1. The van der Waals surface area contributed by atoms with Gasteiger partial charge in [-0.05, 0) is 51.4 Å². The van der Waals surface area contributed by atoms with Crippen LogP contribution in [0, 0.1) is 0 Å². The third-order valence-electron chi connectivity index (χ3n) is 15.7. The fraction of sp³-hybridized carbons (Fsp3) is 0.912. The second kappa shape index (κ2) is 63.9. The number of allylic oxidation sites excluding steroid dienone is 3. The van der Waals surface area contributed by atoms with Crippen molar-refractivity contribution >= 4 is 11.9 Å². The lowest BCUT2D eigenvalue weighted by atomic mass is 10.0. The molecular formula is C68H131NO5. The fourth-order valence-electron chi connectivity index (χ4n) is 10.6. The molecule has 0 aromatic heterocycles. The molecule has 6 nitrogen and oxygen atoms in total. The van der Waals surface area contributed by atoms with Crippen LogP contribution in [0.25, 0.3) is 0 Å². The van der Waals surface area contributed by atoms with Gasteiger partial charge >= 0.3 is 5.97 Å². The standard InChI is InChI=1S/C68H131NO5/c1-3-5-7-9-11-13-15-16-17-31-34-37-41-44-48-52-56-60-66(71)65(64-70)69-67(72)61-57-53-49-45-42-38-35-32-29-27-25-23-21-19-18-20-22-24-26-28-30-33-36-39-43-47-51-55-59-63-74-68(73)62-58-54-50-46-40-14-12-10-8-6-4-2/h10,12,56,60,65-66,70-71H,3-9,11,13-55,57-59,61-64H2,1-2H3,(H,69,72)/b12-10-,60-56+. The Hall–Kier alpha value is -1.66. The minimum atomic E-state index is -0.842. The van der Waals surface area contributed by atoms with E-state index in [0.717, 1.165) is 44.9 Å². The summed E-state index contributed by atoms with van der Waals surface area (Å²) in [6.45, 7) is 4.90. The molecule has 0 aliphatic rings. The summed E-state index contributed by atoms with van der Waals surface area (Å²) in [7, 11) is 0. The van der Waals surface area contributed by atoms with Crippen molar-refractivity contribution in [3.63, 3.8) is 0 Å². The predicted octanol–water partition coefficient (Wildman–Crippen LogP) is 21.4. The van der Waals surface area contributed by atoms with Gasteiger partial charge < -0.3 is 20.3 Å². The molecule has 74 heavy (non-hydrogen) atoms. The highest BCUT2D eigenvalue weighted by molar-refractivity contribution is 5.76. The average Bonchev–Trinajstić information content (AvgIpc) is 3.40. The number of ether oxygens (including phenoxy) is 1. The molecule has 0 saturated heterocycles. The molecule has 3 N–H and O–H groups in total. The predicted molar refractivity (Wildman–Crippen MR) is 324 cm³/mol. The third-order valence-corrected chi connectivity index (χ3v) is 15.7. The van der Waals surface area contributed by atoms with Gasteiger partial charge in [0.1, 0.15) is 0 Å². The summed E-state index contributed by atoms with van der Waals surface area (Å²) in [5.74, 6) is -0.0532. The number of rotatable bonds is 63. The van der Waals surface area contributed by atoms with Crippen LogP contribution in [0.15, 0.2) is 24.3 Å². The summed E-state index contributed by atoms with van der Waals surface area (Å²) in [4.78, 5) is 24.5. The van der Waals surface area contributed by atoms with E-state index >= 15 is 0 Å². The Kier molecular flexibility index (Phi) is 62.4. The maximum Gasteiger partial charge on any atom is 0.305 e. The number of carbonyl (C=O) groups excluding carboxylic acids is 2. The molecule has 0 heterocycles. The van der Waals surface area contributed by atoms with E-state index in [9.17, 15) is 19.8 Å². The van der Waals surface area contributed by atoms with E-state index in [4.69, 9.17) is 4.74 Å². The topological polar surface area (TPSA) is 95.9 Å². The van der Waals surface area contributed by atoms with Crippen LogP contribution in [0.5, 0.6) is 0 Å². The van der Waals surface area contributed by atoms with E-state index in [1.165, 1.54) is 302 Å². The largest absolute Gasteiger partial charge is 0.466 e. The molecule has 0 aromatic carbocycles. The lowest BCUT2D eigenvalue weighted by Crippen LogP contribution is -2.45. The van der Waals surface area contributed by atoms with Crippen LogP contribution in [0.2, 0.25) is 0 Å². The van der Waals surface area contributed by atoms with Gasteiger partial charge in [0.25, 0.3) is 0 Å². The average molecular weight is 1040 g/mol. The van der Waals surface area contributed by atoms with Crippen molar-refractivity contribution in [1.29, 1.82) is 0 Å². The zero-order chi connectivity index (χ0) is 53.6. The van der Waals surface area contributed by atoms with Crippen LogP contribution in [-0.4, -0.2) is 47.4 Å². The molecule has 0 aromatic rings. The van der Waals surface area contributed by atoms with Gasteiger partial charge in [-0.2, -0.15) is 0 Å². The van der Waals surface area contributed by atoms with Crippen LogP contribution in [-0.2, 0) is 14.3 Å². The third kappa shape index (κ3) is 59.6. The summed E-state index contributed by atoms with van der Waals surface area (Å²) in [6, 6.07) is -0.625. The van der Waals surface area contributed by atoms with Gasteiger partial charge in [-0.3, -0.25) is 9.59 Å². The molecule has 0 saturated carbocycles. The van der Waals surface area contributed by atoms with Crippen LogP contribution in [0.3, 0.4) is 0 Å². The van der Waals surface area contributed by atoms with Crippen molar-refractivity contribution in [3.05, 3.63) is 24.3 Å². The van der Waals surface area contributed by atoms with Crippen molar-refractivity contribution in [2.45, 2.75) is 386 Å². The van der Waals surface area contributed by atoms with Gasteiger partial charge in [0.05, 0.1) is 25.4 Å². The number of carbonyl (C=O) groups is 2. The Morgan fingerprint density at radius 2 is 0.649 bits per heavy atom. The molecule has 0 rings (SSSR count). The molecule has 0 fully saturated rings. The Bertz CT molecular complexity index is 1150. The van der Waals surface area contributed by atoms with Gasteiger partial charge in [0, 0.05) is 12.8 Å². The molecular weight excluding hydrogens is 911 g/mol. The Morgan fingerprint density at radius 1 is 0.365 bits per heavy atom. The lowest BCUT2D eigenvalue weighted by molar-refractivity contribution is -0.143. The van der Waals surface area contributed by atoms with Crippen molar-refractivity contribution in [2.24, 2.45) is 0 Å². The van der Waals surface area contributed by atoms with Gasteiger partial charge in [-0.1, -0.05) is 334 Å². The van der Waals surface area contributed by atoms with Crippen molar-refractivity contribution in [3.8, 4) is 0 Å². The molecule has 0 radical (unpaired) electrons. The first-order valence-corrected chi connectivity index (χ1v) is 33.6. The number of hydrogen-bond donors (Lipinski definition) is 3. The van der Waals surface area contributed by atoms with Crippen LogP contribution < -0.4 is 5.32 Å². The number of aliphatic hydroxyl groups excluding tert-OH is 2. The van der Waals surface area contributed by atoms with Gasteiger partial charge in [-0.15, -0.1) is 0 Å².